The average Bonchev–Trinajstić information content (AvgIpc) is 3.40. The van der Waals surface area contributed by atoms with Gasteiger partial charge in [0.25, 0.3) is 0 Å². The summed E-state index contributed by atoms with van der Waals surface area (Å²) in [5, 5.41) is 4.54. The molecule has 39 heavy (non-hydrogen) atoms. The summed E-state index contributed by atoms with van der Waals surface area (Å²) in [5.41, 5.74) is 7.42. The topological polar surface area (TPSA) is 145 Å². The third-order valence-corrected chi connectivity index (χ3v) is 6.23. The van der Waals surface area contributed by atoms with Crippen LogP contribution < -0.4 is 15.2 Å². The Labute approximate surface area is 219 Å². The Bertz CT molecular complexity index is 1860. The zero-order chi connectivity index (χ0) is 28.1. The third-order valence-electron chi connectivity index (χ3n) is 5.64. The van der Waals surface area contributed by atoms with E-state index < -0.39 is 33.3 Å². The minimum absolute atomic E-state index is 0.00459. The smallest absolute Gasteiger partial charge is 0.229 e. The van der Waals surface area contributed by atoms with Crippen LogP contribution in [0.2, 0.25) is 0 Å². The van der Waals surface area contributed by atoms with Gasteiger partial charge in [-0.3, -0.25) is 9.52 Å². The molecule has 10 nitrogen and oxygen atoms in total. The highest BCUT2D eigenvalue weighted by atomic mass is 32.2. The van der Waals surface area contributed by atoms with Crippen LogP contribution in [0.15, 0.2) is 54.9 Å². The molecule has 0 aliphatic rings. The van der Waals surface area contributed by atoms with Gasteiger partial charge in [-0.2, -0.15) is 5.10 Å². The number of carbonyl (C=O) groups is 1. The second-order valence-corrected chi connectivity index (χ2v) is 10.4. The van der Waals surface area contributed by atoms with Crippen LogP contribution >= 0.6 is 0 Å². The zero-order valence-electron chi connectivity index (χ0n) is 20.3. The molecule has 14 heteroatoms. The first-order valence-corrected chi connectivity index (χ1v) is 13.1. The largest absolute Gasteiger partial charge is 0.439 e. The molecule has 3 aromatic heterocycles. The lowest BCUT2D eigenvalue weighted by Crippen LogP contribution is -2.10. The zero-order valence-corrected chi connectivity index (χ0v) is 21.1. The van der Waals surface area contributed by atoms with E-state index in [0.29, 0.717) is 22.2 Å². The van der Waals surface area contributed by atoms with Gasteiger partial charge in [0.15, 0.2) is 0 Å². The van der Waals surface area contributed by atoms with Crippen molar-refractivity contribution in [1.29, 1.82) is 0 Å². The van der Waals surface area contributed by atoms with Crippen LogP contribution in [-0.4, -0.2) is 40.2 Å². The van der Waals surface area contributed by atoms with Gasteiger partial charge >= 0.3 is 0 Å². The van der Waals surface area contributed by atoms with Gasteiger partial charge in [0, 0.05) is 35.2 Å². The SMILES string of the molecule is Cc1cc(Oc2cc(F)cc(F)c2)ncc1-n1ncc(C(=O)c2cc3cc(F)c(NS(C)(=O)=O)cc3[nH]2)c1N. The molecule has 0 unspecified atom stereocenters. The van der Waals surface area contributed by atoms with Crippen molar-refractivity contribution in [2.24, 2.45) is 0 Å². The number of aryl methyl sites for hydroxylation is 1. The molecule has 4 N–H and O–H groups in total. The monoisotopic (exact) mass is 556 g/mol. The lowest BCUT2D eigenvalue weighted by Gasteiger charge is -2.10. The molecule has 2 aromatic carbocycles. The quantitative estimate of drug-likeness (QED) is 0.251. The van der Waals surface area contributed by atoms with Crippen molar-refractivity contribution in [2.45, 2.75) is 6.92 Å². The van der Waals surface area contributed by atoms with E-state index in [1.54, 1.807) is 6.92 Å². The number of H-pyrrole nitrogens is 1. The average molecular weight is 557 g/mol. The second kappa shape index (κ2) is 9.47. The van der Waals surface area contributed by atoms with Crippen molar-refractivity contribution in [3.8, 4) is 17.3 Å². The van der Waals surface area contributed by atoms with Crippen molar-refractivity contribution in [2.75, 3.05) is 16.7 Å². The van der Waals surface area contributed by atoms with Crippen molar-refractivity contribution >= 4 is 38.2 Å². The number of carbonyl (C=O) groups excluding carboxylic acids is 1. The molecule has 0 aliphatic carbocycles. The van der Waals surface area contributed by atoms with Crippen LogP contribution in [0.4, 0.5) is 24.7 Å². The number of nitrogens with zero attached hydrogens (tertiary/aromatic N) is 3. The highest BCUT2D eigenvalue weighted by molar-refractivity contribution is 7.92. The summed E-state index contributed by atoms with van der Waals surface area (Å²) in [7, 11) is -3.72. The van der Waals surface area contributed by atoms with Crippen LogP contribution in [0.1, 0.15) is 21.6 Å². The molecule has 0 aliphatic heterocycles. The number of ketones is 1. The molecule has 0 amide bonds. The Morgan fingerprint density at radius 1 is 1.05 bits per heavy atom. The van der Waals surface area contributed by atoms with Crippen molar-refractivity contribution < 1.29 is 31.1 Å². The number of rotatable bonds is 7. The molecule has 5 rings (SSSR count). The number of aromatic nitrogens is 4. The van der Waals surface area contributed by atoms with E-state index in [9.17, 15) is 26.4 Å². The summed E-state index contributed by atoms with van der Waals surface area (Å²) in [6.45, 7) is 1.70. The van der Waals surface area contributed by atoms with Gasteiger partial charge in [-0.05, 0) is 30.7 Å². The van der Waals surface area contributed by atoms with E-state index in [1.165, 1.54) is 35.3 Å². The van der Waals surface area contributed by atoms with Crippen molar-refractivity contribution in [3.05, 3.63) is 89.1 Å². The maximum Gasteiger partial charge on any atom is 0.229 e. The summed E-state index contributed by atoms with van der Waals surface area (Å²) < 4.78 is 73.0. The Morgan fingerprint density at radius 3 is 2.44 bits per heavy atom. The Kier molecular flexibility index (Phi) is 6.26. The molecule has 0 atom stereocenters. The van der Waals surface area contributed by atoms with Gasteiger partial charge in [-0.25, -0.2) is 31.3 Å². The van der Waals surface area contributed by atoms with Crippen molar-refractivity contribution in [1.82, 2.24) is 19.7 Å². The van der Waals surface area contributed by atoms with E-state index in [1.807, 2.05) is 0 Å². The summed E-state index contributed by atoms with van der Waals surface area (Å²) in [6.07, 6.45) is 3.53. The number of nitrogens with one attached hydrogen (secondary N) is 2. The maximum absolute atomic E-state index is 14.4. The molecule has 5 aromatic rings. The molecule has 0 saturated heterocycles. The van der Waals surface area contributed by atoms with Gasteiger partial charge in [0.2, 0.25) is 21.7 Å². The normalized spacial score (nSPS) is 11.6. The van der Waals surface area contributed by atoms with E-state index in [4.69, 9.17) is 10.5 Å². The number of halogens is 3. The fraction of sp³-hybridized carbons (Fsp3) is 0.0800. The Morgan fingerprint density at radius 2 is 1.77 bits per heavy atom. The molecule has 0 saturated carbocycles. The van der Waals surface area contributed by atoms with Crippen LogP contribution in [0.25, 0.3) is 16.6 Å². The molecule has 200 valence electrons. The minimum Gasteiger partial charge on any atom is -0.439 e. The highest BCUT2D eigenvalue weighted by Gasteiger charge is 2.21. The number of nitrogen functional groups attached to an aromatic ring is 1. The lowest BCUT2D eigenvalue weighted by atomic mass is 10.1. The number of fused-ring (bicyclic) bond motifs is 1. The van der Waals surface area contributed by atoms with Crippen LogP contribution in [0.3, 0.4) is 0 Å². The molecular weight excluding hydrogens is 537 g/mol. The van der Waals surface area contributed by atoms with Gasteiger partial charge < -0.3 is 15.5 Å². The fourth-order valence-corrected chi connectivity index (χ4v) is 4.49. The van der Waals surface area contributed by atoms with E-state index in [-0.39, 0.29) is 34.4 Å². The Balaban J connectivity index is 1.42. The molecule has 0 bridgehead atoms. The number of benzene rings is 2. The summed E-state index contributed by atoms with van der Waals surface area (Å²) >= 11 is 0. The number of sulfonamides is 1. The van der Waals surface area contributed by atoms with E-state index >= 15 is 0 Å². The maximum atomic E-state index is 14.4. The fourth-order valence-electron chi connectivity index (χ4n) is 3.93. The number of aromatic amines is 1. The van der Waals surface area contributed by atoms with Crippen molar-refractivity contribution in [3.63, 3.8) is 0 Å². The van der Waals surface area contributed by atoms with Crippen LogP contribution in [0.5, 0.6) is 11.6 Å². The van der Waals surface area contributed by atoms with Gasteiger partial charge in [0.05, 0.1) is 41.3 Å². The predicted octanol–water partition coefficient (Wildman–Crippen LogP) is 4.45. The first-order valence-electron chi connectivity index (χ1n) is 11.2. The number of anilines is 2. The van der Waals surface area contributed by atoms with E-state index in [2.05, 4.69) is 19.8 Å². The molecule has 0 radical (unpaired) electrons. The molecular formula is C25H19F3N6O4S. The van der Waals surface area contributed by atoms with Gasteiger partial charge in [-0.15, -0.1) is 0 Å². The molecule has 0 fully saturated rings. The van der Waals surface area contributed by atoms with Gasteiger partial charge in [-0.1, -0.05) is 0 Å². The van der Waals surface area contributed by atoms with Gasteiger partial charge in [0.1, 0.15) is 29.0 Å². The number of ether oxygens (including phenoxy) is 1. The lowest BCUT2D eigenvalue weighted by molar-refractivity contribution is 0.103. The number of hydrogen-bond donors (Lipinski definition) is 3. The van der Waals surface area contributed by atoms with E-state index in [0.717, 1.165) is 30.5 Å². The van der Waals surface area contributed by atoms with Crippen LogP contribution in [-0.2, 0) is 10.0 Å². The summed E-state index contributed by atoms with van der Waals surface area (Å²) in [6, 6.07) is 8.00. The summed E-state index contributed by atoms with van der Waals surface area (Å²) in [4.78, 5) is 20.2. The van der Waals surface area contributed by atoms with Crippen LogP contribution in [0, 0.1) is 24.4 Å². The number of pyridine rings is 1. The summed E-state index contributed by atoms with van der Waals surface area (Å²) in [5.74, 6) is -2.95. The first-order chi connectivity index (χ1) is 18.4. The molecule has 0 spiro atoms. The first kappa shape index (κ1) is 25.8. The number of hydrogen-bond acceptors (Lipinski definition) is 7. The standard InChI is InChI=1S/C25H19F3N6O4S/c1-12-3-23(38-16-7-14(26)6-15(27)8-16)30-11-22(12)34-25(29)17(10-31-34)24(35)21-5-13-4-18(28)20(9-19(13)32-21)33-39(2,36)37/h3-11,32-33H,29H2,1-2H3. The Hall–Kier alpha value is -4.85. The molecule has 3 heterocycles. The predicted molar refractivity (Wildman–Crippen MR) is 137 cm³/mol. The third kappa shape index (κ3) is 5.27. The number of nitrogens with two attached hydrogens (primary N) is 1. The minimum atomic E-state index is -3.72. The second-order valence-electron chi connectivity index (χ2n) is 8.68. The highest BCUT2D eigenvalue weighted by Crippen LogP contribution is 2.29.